The van der Waals surface area contributed by atoms with Crippen molar-refractivity contribution in [2.75, 3.05) is 19.6 Å². The molecule has 27 heavy (non-hydrogen) atoms. The molecule has 0 saturated carbocycles. The number of aromatic nitrogens is 1. The number of hydrogen-bond donors (Lipinski definition) is 0. The van der Waals surface area contributed by atoms with E-state index in [1.807, 2.05) is 0 Å². The van der Waals surface area contributed by atoms with E-state index in [2.05, 4.69) is 60.6 Å². The van der Waals surface area contributed by atoms with Gasteiger partial charge in [-0.1, -0.05) is 38.3 Å². The highest BCUT2D eigenvalue weighted by molar-refractivity contribution is 5.99. The van der Waals surface area contributed by atoms with Crippen LogP contribution in [0.5, 0.6) is 0 Å². The molecule has 0 spiro atoms. The summed E-state index contributed by atoms with van der Waals surface area (Å²) in [6.07, 6.45) is 8.69. The van der Waals surface area contributed by atoms with Crippen LogP contribution in [0.25, 0.3) is 5.69 Å². The molecular formula is C24H34N2O. The second kappa shape index (κ2) is 9.36. The molecule has 0 N–H and O–H groups in total. The molecule has 3 rings (SSSR count). The smallest absolute Gasteiger partial charge is 0.178 e. The van der Waals surface area contributed by atoms with Crippen LogP contribution in [0.4, 0.5) is 0 Å². The highest BCUT2D eigenvalue weighted by atomic mass is 16.1. The van der Waals surface area contributed by atoms with Gasteiger partial charge in [0.2, 0.25) is 0 Å². The van der Waals surface area contributed by atoms with E-state index in [-0.39, 0.29) is 5.78 Å². The second-order valence-corrected chi connectivity index (χ2v) is 8.00. The summed E-state index contributed by atoms with van der Waals surface area (Å²) >= 11 is 0. The van der Waals surface area contributed by atoms with Gasteiger partial charge in [0.15, 0.2) is 5.78 Å². The standard InChI is InChI=1S/C24H34N2O/c1-4-5-7-10-21-11-13-22(14-12-21)26-19(2)17-23(20(26)3)24(27)18-25-15-8-6-9-16-25/h11-14,17H,4-10,15-16,18H2,1-3H3. The van der Waals surface area contributed by atoms with Crippen LogP contribution in [-0.4, -0.2) is 34.9 Å². The SMILES string of the molecule is CCCCCc1ccc(-n2c(C)cc(C(=O)CN3CCCCC3)c2C)cc1. The molecule has 1 aliphatic heterocycles. The first-order valence-corrected chi connectivity index (χ1v) is 10.6. The number of rotatable bonds is 8. The summed E-state index contributed by atoms with van der Waals surface area (Å²) in [6.45, 7) is 9.09. The molecule has 2 heterocycles. The number of nitrogens with zero attached hydrogens (tertiary/aromatic N) is 2. The minimum atomic E-state index is 0.257. The molecule has 0 radical (unpaired) electrons. The summed E-state index contributed by atoms with van der Waals surface area (Å²) in [5, 5.41) is 0. The number of piperidine rings is 1. The highest BCUT2D eigenvalue weighted by Crippen LogP contribution is 2.23. The average Bonchev–Trinajstić information content (AvgIpc) is 2.98. The van der Waals surface area contributed by atoms with Crippen LogP contribution >= 0.6 is 0 Å². The average molecular weight is 367 g/mol. The van der Waals surface area contributed by atoms with E-state index in [1.165, 1.54) is 44.1 Å². The first kappa shape index (κ1) is 19.9. The fourth-order valence-corrected chi connectivity index (χ4v) is 4.24. The fourth-order valence-electron chi connectivity index (χ4n) is 4.24. The molecule has 1 aromatic heterocycles. The molecule has 0 amide bonds. The largest absolute Gasteiger partial charge is 0.318 e. The lowest BCUT2D eigenvalue weighted by Crippen LogP contribution is -2.34. The van der Waals surface area contributed by atoms with Crippen molar-refractivity contribution in [2.45, 2.75) is 65.7 Å². The third-order valence-corrected chi connectivity index (χ3v) is 5.81. The molecular weight excluding hydrogens is 332 g/mol. The van der Waals surface area contributed by atoms with E-state index in [0.717, 1.165) is 42.1 Å². The van der Waals surface area contributed by atoms with E-state index in [0.29, 0.717) is 6.54 Å². The van der Waals surface area contributed by atoms with Gasteiger partial charge in [-0.05, 0) is 76.4 Å². The predicted molar refractivity (Wildman–Crippen MR) is 113 cm³/mol. The van der Waals surface area contributed by atoms with Crippen LogP contribution in [0.15, 0.2) is 30.3 Å². The molecule has 1 aliphatic rings. The Labute approximate surface area is 164 Å². The van der Waals surface area contributed by atoms with Crippen molar-refractivity contribution in [2.24, 2.45) is 0 Å². The minimum Gasteiger partial charge on any atom is -0.318 e. The number of ketones is 1. The van der Waals surface area contributed by atoms with Crippen molar-refractivity contribution in [3.63, 3.8) is 0 Å². The Hall–Kier alpha value is -1.87. The summed E-state index contributed by atoms with van der Waals surface area (Å²) < 4.78 is 2.22. The van der Waals surface area contributed by atoms with Crippen molar-refractivity contribution >= 4 is 5.78 Å². The Morgan fingerprint density at radius 2 is 1.70 bits per heavy atom. The molecule has 1 fully saturated rings. The van der Waals surface area contributed by atoms with Gasteiger partial charge in [0.25, 0.3) is 0 Å². The first-order valence-electron chi connectivity index (χ1n) is 10.6. The Kier molecular flexibility index (Phi) is 6.89. The summed E-state index contributed by atoms with van der Waals surface area (Å²) in [4.78, 5) is 15.2. The van der Waals surface area contributed by atoms with E-state index in [1.54, 1.807) is 0 Å². The Morgan fingerprint density at radius 1 is 1.00 bits per heavy atom. The summed E-state index contributed by atoms with van der Waals surface area (Å²) in [6, 6.07) is 10.9. The van der Waals surface area contributed by atoms with Crippen LogP contribution in [0.1, 0.15) is 72.8 Å². The van der Waals surface area contributed by atoms with E-state index in [4.69, 9.17) is 0 Å². The maximum absolute atomic E-state index is 12.9. The quantitative estimate of drug-likeness (QED) is 0.455. The minimum absolute atomic E-state index is 0.257. The number of likely N-dealkylation sites (tertiary alicyclic amines) is 1. The number of unbranched alkanes of at least 4 members (excludes halogenated alkanes) is 2. The second-order valence-electron chi connectivity index (χ2n) is 8.00. The van der Waals surface area contributed by atoms with Gasteiger partial charge in [-0.2, -0.15) is 0 Å². The highest BCUT2D eigenvalue weighted by Gasteiger charge is 2.20. The topological polar surface area (TPSA) is 25.2 Å². The van der Waals surface area contributed by atoms with Gasteiger partial charge in [-0.15, -0.1) is 0 Å². The van der Waals surface area contributed by atoms with Gasteiger partial charge in [-0.25, -0.2) is 0 Å². The van der Waals surface area contributed by atoms with E-state index < -0.39 is 0 Å². The first-order chi connectivity index (χ1) is 13.1. The molecule has 0 aliphatic carbocycles. The number of hydrogen-bond acceptors (Lipinski definition) is 2. The van der Waals surface area contributed by atoms with Gasteiger partial charge in [-0.3, -0.25) is 9.69 Å². The van der Waals surface area contributed by atoms with Crippen molar-refractivity contribution in [1.29, 1.82) is 0 Å². The maximum atomic E-state index is 12.9. The molecule has 0 unspecified atom stereocenters. The van der Waals surface area contributed by atoms with Crippen LogP contribution < -0.4 is 0 Å². The Morgan fingerprint density at radius 3 is 2.37 bits per heavy atom. The van der Waals surface area contributed by atoms with Crippen LogP contribution in [0.2, 0.25) is 0 Å². The molecule has 0 bridgehead atoms. The summed E-state index contributed by atoms with van der Waals surface area (Å²) in [7, 11) is 0. The normalized spacial score (nSPS) is 15.2. The zero-order valence-corrected chi connectivity index (χ0v) is 17.3. The molecule has 1 saturated heterocycles. The zero-order chi connectivity index (χ0) is 19.2. The fraction of sp³-hybridized carbons (Fsp3) is 0.542. The number of Topliss-reactive ketones (excluding diaryl/α,β-unsaturated/α-hetero) is 1. The van der Waals surface area contributed by atoms with Gasteiger partial charge in [0, 0.05) is 22.6 Å². The number of aryl methyl sites for hydroxylation is 2. The summed E-state index contributed by atoms with van der Waals surface area (Å²) in [5.41, 5.74) is 5.63. The zero-order valence-electron chi connectivity index (χ0n) is 17.3. The third kappa shape index (κ3) is 4.90. The van der Waals surface area contributed by atoms with Crippen molar-refractivity contribution in [1.82, 2.24) is 9.47 Å². The Balaban J connectivity index is 1.73. The maximum Gasteiger partial charge on any atom is 0.178 e. The lowest BCUT2D eigenvalue weighted by Gasteiger charge is -2.25. The van der Waals surface area contributed by atoms with Crippen LogP contribution in [0.3, 0.4) is 0 Å². The van der Waals surface area contributed by atoms with E-state index >= 15 is 0 Å². The van der Waals surface area contributed by atoms with E-state index in [9.17, 15) is 4.79 Å². The number of carbonyl (C=O) groups is 1. The van der Waals surface area contributed by atoms with Crippen molar-refractivity contribution < 1.29 is 4.79 Å². The number of benzene rings is 1. The lowest BCUT2D eigenvalue weighted by molar-refractivity contribution is 0.0915. The lowest BCUT2D eigenvalue weighted by atomic mass is 10.1. The molecule has 3 heteroatoms. The molecule has 0 atom stereocenters. The van der Waals surface area contributed by atoms with Gasteiger partial charge in [0.1, 0.15) is 0 Å². The van der Waals surface area contributed by atoms with Gasteiger partial charge >= 0.3 is 0 Å². The van der Waals surface area contributed by atoms with Crippen LogP contribution in [-0.2, 0) is 6.42 Å². The third-order valence-electron chi connectivity index (χ3n) is 5.81. The molecule has 3 nitrogen and oxygen atoms in total. The van der Waals surface area contributed by atoms with Gasteiger partial charge < -0.3 is 4.57 Å². The van der Waals surface area contributed by atoms with Crippen LogP contribution in [0, 0.1) is 13.8 Å². The predicted octanol–water partition coefficient (Wildman–Crippen LogP) is 5.50. The Bertz CT molecular complexity index is 751. The molecule has 1 aromatic carbocycles. The number of carbonyl (C=O) groups excluding carboxylic acids is 1. The molecule has 146 valence electrons. The van der Waals surface area contributed by atoms with Crippen molar-refractivity contribution in [3.8, 4) is 5.69 Å². The summed E-state index contributed by atoms with van der Waals surface area (Å²) in [5.74, 6) is 0.257. The van der Waals surface area contributed by atoms with Gasteiger partial charge in [0.05, 0.1) is 6.54 Å². The monoisotopic (exact) mass is 366 g/mol. The van der Waals surface area contributed by atoms with Crippen molar-refractivity contribution in [3.05, 3.63) is 52.8 Å². The molecule has 2 aromatic rings.